The Balaban J connectivity index is 1.83. The van der Waals surface area contributed by atoms with Gasteiger partial charge in [-0.15, -0.1) is 0 Å². The Morgan fingerprint density at radius 1 is 1.23 bits per heavy atom. The number of aromatic nitrogens is 1. The zero-order valence-corrected chi connectivity index (χ0v) is 16.4. The molecular weight excluding hydrogens is 396 g/mol. The maximum atomic E-state index is 12.8. The van der Waals surface area contributed by atoms with Crippen LogP contribution < -0.4 is 15.0 Å². The average molecular weight is 414 g/mol. The number of hydrogen-bond donors (Lipinski definition) is 1. The van der Waals surface area contributed by atoms with E-state index < -0.39 is 40.7 Å². The summed E-state index contributed by atoms with van der Waals surface area (Å²) in [6, 6.07) is 8.46. The fraction of sp³-hybridized carbons (Fsp3) is 0.263. The highest BCUT2D eigenvalue weighted by atomic mass is 16.6. The number of fused-ring (bicyclic) bond motifs is 1. The largest absolute Gasteiger partial charge is 0.472 e. The SMILES string of the molecule is COC(=O)c1ccc(NC(=O)CN2C(=O)C(C)(C)Oc3ccc([N+](=O)[O-])nc32)cc1. The lowest BCUT2D eigenvalue weighted by Crippen LogP contribution is -2.54. The zero-order chi connectivity index (χ0) is 22.1. The van der Waals surface area contributed by atoms with Crippen molar-refractivity contribution >= 4 is 35.1 Å². The van der Waals surface area contributed by atoms with Crippen LogP contribution in [0.1, 0.15) is 24.2 Å². The number of hydrogen-bond acceptors (Lipinski definition) is 8. The lowest BCUT2D eigenvalue weighted by molar-refractivity contribution is -0.389. The molecule has 2 aromatic rings. The molecule has 1 aliphatic heterocycles. The van der Waals surface area contributed by atoms with Crippen molar-refractivity contribution in [2.24, 2.45) is 0 Å². The first-order chi connectivity index (χ1) is 14.1. The van der Waals surface area contributed by atoms with E-state index in [-0.39, 0.29) is 11.6 Å². The van der Waals surface area contributed by atoms with Crippen LogP contribution in [0, 0.1) is 10.1 Å². The van der Waals surface area contributed by atoms with Crippen molar-refractivity contribution in [1.82, 2.24) is 4.98 Å². The average Bonchev–Trinajstić information content (AvgIpc) is 2.70. The molecule has 2 heterocycles. The number of carbonyl (C=O) groups excluding carboxylic acids is 3. The normalized spacial score (nSPS) is 14.4. The number of benzene rings is 1. The van der Waals surface area contributed by atoms with Crippen molar-refractivity contribution in [2.45, 2.75) is 19.4 Å². The van der Waals surface area contributed by atoms with E-state index in [1.165, 1.54) is 51.3 Å². The highest BCUT2D eigenvalue weighted by Crippen LogP contribution is 2.37. The second kappa shape index (κ2) is 7.78. The van der Waals surface area contributed by atoms with Crippen molar-refractivity contribution in [2.75, 3.05) is 23.9 Å². The lowest BCUT2D eigenvalue weighted by atomic mass is 10.1. The third kappa shape index (κ3) is 4.04. The molecule has 0 bridgehead atoms. The van der Waals surface area contributed by atoms with Crippen LogP contribution in [0.25, 0.3) is 0 Å². The molecular formula is C19H18N4O7. The predicted molar refractivity (Wildman–Crippen MR) is 104 cm³/mol. The van der Waals surface area contributed by atoms with Gasteiger partial charge in [-0.1, -0.05) is 0 Å². The van der Waals surface area contributed by atoms with Gasteiger partial charge in [0.15, 0.2) is 11.4 Å². The monoisotopic (exact) mass is 414 g/mol. The van der Waals surface area contributed by atoms with E-state index in [1.807, 2.05) is 0 Å². The van der Waals surface area contributed by atoms with E-state index in [9.17, 15) is 24.5 Å². The van der Waals surface area contributed by atoms with E-state index >= 15 is 0 Å². The Bertz CT molecular complexity index is 1030. The Morgan fingerprint density at radius 3 is 2.50 bits per heavy atom. The smallest absolute Gasteiger partial charge is 0.366 e. The van der Waals surface area contributed by atoms with Crippen molar-refractivity contribution in [3.8, 4) is 5.75 Å². The van der Waals surface area contributed by atoms with E-state index in [2.05, 4.69) is 15.0 Å². The maximum Gasteiger partial charge on any atom is 0.366 e. The van der Waals surface area contributed by atoms with Crippen molar-refractivity contribution in [1.29, 1.82) is 0 Å². The fourth-order valence-corrected chi connectivity index (χ4v) is 2.84. The van der Waals surface area contributed by atoms with Crippen LogP contribution in [-0.2, 0) is 14.3 Å². The Kier molecular flexibility index (Phi) is 5.37. The summed E-state index contributed by atoms with van der Waals surface area (Å²) >= 11 is 0. The molecule has 0 atom stereocenters. The van der Waals surface area contributed by atoms with Gasteiger partial charge in [0.25, 0.3) is 11.7 Å². The van der Waals surface area contributed by atoms with Crippen LogP contribution in [0.2, 0.25) is 0 Å². The van der Waals surface area contributed by atoms with Gasteiger partial charge in [-0.2, -0.15) is 0 Å². The lowest BCUT2D eigenvalue weighted by Gasteiger charge is -2.35. The quantitative estimate of drug-likeness (QED) is 0.444. The molecule has 0 spiro atoms. The molecule has 0 unspecified atom stereocenters. The number of nitro groups is 1. The van der Waals surface area contributed by atoms with E-state index in [0.717, 1.165) is 11.0 Å². The first kappa shape index (κ1) is 20.7. The summed E-state index contributed by atoms with van der Waals surface area (Å²) in [6.07, 6.45) is 0. The zero-order valence-electron chi connectivity index (χ0n) is 16.4. The van der Waals surface area contributed by atoms with Gasteiger partial charge in [-0.3, -0.25) is 14.5 Å². The van der Waals surface area contributed by atoms with Gasteiger partial charge in [0.05, 0.1) is 12.7 Å². The number of pyridine rings is 1. The number of anilines is 2. The second-order valence-corrected chi connectivity index (χ2v) is 6.87. The van der Waals surface area contributed by atoms with Crippen LogP contribution in [0.15, 0.2) is 36.4 Å². The molecule has 1 aromatic heterocycles. The van der Waals surface area contributed by atoms with Crippen molar-refractivity contribution in [3.63, 3.8) is 0 Å². The first-order valence-corrected chi connectivity index (χ1v) is 8.77. The Morgan fingerprint density at radius 2 is 1.90 bits per heavy atom. The molecule has 1 N–H and O–H groups in total. The molecule has 1 aliphatic rings. The molecule has 0 fully saturated rings. The molecule has 0 saturated carbocycles. The van der Waals surface area contributed by atoms with Crippen LogP contribution in [-0.4, -0.2) is 46.9 Å². The summed E-state index contributed by atoms with van der Waals surface area (Å²) in [6.45, 7) is 2.61. The molecule has 30 heavy (non-hydrogen) atoms. The molecule has 156 valence electrons. The number of methoxy groups -OCH3 is 1. The number of carbonyl (C=O) groups is 3. The maximum absolute atomic E-state index is 12.8. The number of ether oxygens (including phenoxy) is 2. The number of esters is 1. The Labute approximate surface area is 170 Å². The molecule has 11 nitrogen and oxygen atoms in total. The summed E-state index contributed by atoms with van der Waals surface area (Å²) < 4.78 is 10.2. The van der Waals surface area contributed by atoms with Gasteiger partial charge >= 0.3 is 11.8 Å². The summed E-state index contributed by atoms with van der Waals surface area (Å²) in [7, 11) is 1.26. The third-order valence-corrected chi connectivity index (χ3v) is 4.28. The van der Waals surface area contributed by atoms with Crippen LogP contribution in [0.3, 0.4) is 0 Å². The standard InChI is InChI=1S/C19H18N4O7/c1-19(2)18(26)22(16-13(30-19)8-9-14(21-16)23(27)28)10-15(24)20-12-6-4-11(5-7-12)17(25)29-3/h4-9H,10H2,1-3H3,(H,20,24). The summed E-state index contributed by atoms with van der Waals surface area (Å²) in [5.41, 5.74) is -0.585. The van der Waals surface area contributed by atoms with Gasteiger partial charge < -0.3 is 24.9 Å². The van der Waals surface area contributed by atoms with E-state index in [0.29, 0.717) is 11.3 Å². The van der Waals surface area contributed by atoms with E-state index in [1.54, 1.807) is 0 Å². The number of amides is 2. The minimum absolute atomic E-state index is 0.107. The topological polar surface area (TPSA) is 141 Å². The molecule has 3 rings (SSSR count). The van der Waals surface area contributed by atoms with Gasteiger partial charge in [0.2, 0.25) is 5.91 Å². The van der Waals surface area contributed by atoms with Crippen LogP contribution in [0.5, 0.6) is 5.75 Å². The summed E-state index contributed by atoms with van der Waals surface area (Å²) in [4.78, 5) is 52.1. The molecule has 2 amide bonds. The molecule has 11 heteroatoms. The first-order valence-electron chi connectivity index (χ1n) is 8.77. The van der Waals surface area contributed by atoms with Gasteiger partial charge in [-0.25, -0.2) is 4.79 Å². The van der Waals surface area contributed by atoms with Gasteiger partial charge in [-0.05, 0) is 54.1 Å². The summed E-state index contributed by atoms with van der Waals surface area (Å²) in [5, 5.41) is 13.7. The predicted octanol–water partition coefficient (Wildman–Crippen LogP) is 1.92. The van der Waals surface area contributed by atoms with Crippen LogP contribution in [0.4, 0.5) is 17.3 Å². The number of rotatable bonds is 5. The van der Waals surface area contributed by atoms with E-state index in [4.69, 9.17) is 4.74 Å². The van der Waals surface area contributed by atoms with Crippen LogP contribution >= 0.6 is 0 Å². The minimum atomic E-state index is -1.28. The fourth-order valence-electron chi connectivity index (χ4n) is 2.84. The number of nitrogens with zero attached hydrogens (tertiary/aromatic N) is 3. The van der Waals surface area contributed by atoms with Gasteiger partial charge in [0.1, 0.15) is 6.54 Å². The number of nitrogens with one attached hydrogen (secondary N) is 1. The third-order valence-electron chi connectivity index (χ3n) is 4.28. The summed E-state index contributed by atoms with van der Waals surface area (Å²) in [5.74, 6) is -2.08. The van der Waals surface area contributed by atoms with Crippen molar-refractivity contribution < 1.29 is 28.8 Å². The molecule has 0 saturated heterocycles. The molecule has 0 aliphatic carbocycles. The minimum Gasteiger partial charge on any atom is -0.472 e. The highest BCUT2D eigenvalue weighted by Gasteiger charge is 2.45. The van der Waals surface area contributed by atoms with Crippen molar-refractivity contribution in [3.05, 3.63) is 52.1 Å². The second-order valence-electron chi connectivity index (χ2n) is 6.87. The van der Waals surface area contributed by atoms with Gasteiger partial charge in [0, 0.05) is 11.8 Å². The highest BCUT2D eigenvalue weighted by molar-refractivity contribution is 6.07. The molecule has 1 aromatic carbocycles. The molecule has 0 radical (unpaired) electrons. The Hall–Kier alpha value is -4.02.